The molecule has 0 amide bonds. The molecule has 0 spiro atoms. The summed E-state index contributed by atoms with van der Waals surface area (Å²) >= 11 is 0. The fraction of sp³-hybridized carbons (Fsp3) is 0.880. The molecule has 0 rings (SSSR count). The topological polar surface area (TPSA) is 100 Å². The van der Waals surface area contributed by atoms with Crippen LogP contribution in [0.2, 0.25) is 0 Å². The van der Waals surface area contributed by atoms with Crippen LogP contribution in [0.4, 0.5) is 0 Å². The molecule has 10 nitrogen and oxygen atoms in total. The van der Waals surface area contributed by atoms with E-state index in [1.54, 1.807) is 6.92 Å². The van der Waals surface area contributed by atoms with Crippen LogP contribution in [0.5, 0.6) is 0 Å². The summed E-state index contributed by atoms with van der Waals surface area (Å²) in [5.41, 5.74) is 0.284. The van der Waals surface area contributed by atoms with Crippen molar-refractivity contribution in [2.75, 3.05) is 106 Å². The summed E-state index contributed by atoms with van der Waals surface area (Å²) in [5.74, 6) is -0.408. The summed E-state index contributed by atoms with van der Waals surface area (Å²) in [5, 5.41) is 0. The zero-order valence-corrected chi connectivity index (χ0v) is 22.3. The average molecular weight is 509 g/mol. The number of hydrogen-bond donors (Lipinski definition) is 0. The zero-order valence-electron chi connectivity index (χ0n) is 22.3. The van der Waals surface area contributed by atoms with Gasteiger partial charge in [-0.05, 0) is 27.2 Å². The van der Waals surface area contributed by atoms with Crippen LogP contribution in [0.25, 0.3) is 0 Å². The molecular formula is C25H48O10. The summed E-state index contributed by atoms with van der Waals surface area (Å²) < 4.78 is 48.5. The van der Waals surface area contributed by atoms with Gasteiger partial charge in [-0.15, -0.1) is 0 Å². The molecule has 0 heterocycles. The summed E-state index contributed by atoms with van der Waals surface area (Å²) in [4.78, 5) is 11.1. The van der Waals surface area contributed by atoms with Crippen LogP contribution < -0.4 is 0 Å². The third-order valence-electron chi connectivity index (χ3n) is 4.61. The van der Waals surface area contributed by atoms with Gasteiger partial charge in [0.05, 0.1) is 105 Å². The van der Waals surface area contributed by atoms with Gasteiger partial charge in [-0.25, -0.2) is 4.79 Å². The Hall–Kier alpha value is -1.11. The molecular weight excluding hydrogens is 460 g/mol. The van der Waals surface area contributed by atoms with E-state index < -0.39 is 5.97 Å². The minimum absolute atomic E-state index is 0.0907. The van der Waals surface area contributed by atoms with Crippen LogP contribution in [0, 0.1) is 0 Å². The molecule has 0 aromatic heterocycles. The Morgan fingerprint density at radius 1 is 0.571 bits per heavy atom. The van der Waals surface area contributed by atoms with E-state index in [4.69, 9.17) is 42.6 Å². The van der Waals surface area contributed by atoms with Gasteiger partial charge < -0.3 is 42.6 Å². The third-order valence-corrected chi connectivity index (χ3v) is 4.61. The first-order valence-corrected chi connectivity index (χ1v) is 12.4. The Bertz CT molecular complexity index is 499. The lowest BCUT2D eigenvalue weighted by atomic mass is 10.1. The van der Waals surface area contributed by atoms with Gasteiger partial charge in [0.15, 0.2) is 0 Å². The van der Waals surface area contributed by atoms with Gasteiger partial charge in [0.1, 0.15) is 6.61 Å². The van der Waals surface area contributed by atoms with Crippen molar-refractivity contribution in [3.05, 3.63) is 12.2 Å². The van der Waals surface area contributed by atoms with Crippen LogP contribution in [-0.2, 0) is 47.4 Å². The van der Waals surface area contributed by atoms with Gasteiger partial charge >= 0.3 is 5.97 Å². The smallest absolute Gasteiger partial charge is 0.333 e. The Labute approximate surface area is 211 Å². The molecule has 0 aliphatic carbocycles. The largest absolute Gasteiger partial charge is 0.460 e. The second kappa shape index (κ2) is 24.6. The molecule has 0 saturated heterocycles. The van der Waals surface area contributed by atoms with Gasteiger partial charge in [-0.2, -0.15) is 0 Å². The number of carbonyl (C=O) groups excluding carboxylic acids is 1. The van der Waals surface area contributed by atoms with Crippen molar-refractivity contribution in [3.63, 3.8) is 0 Å². The van der Waals surface area contributed by atoms with Crippen LogP contribution >= 0.6 is 0 Å². The van der Waals surface area contributed by atoms with Gasteiger partial charge in [0.25, 0.3) is 0 Å². The van der Waals surface area contributed by atoms with Crippen molar-refractivity contribution in [3.8, 4) is 0 Å². The zero-order chi connectivity index (χ0) is 26.0. The van der Waals surface area contributed by atoms with Crippen molar-refractivity contribution in [2.45, 2.75) is 39.7 Å². The Balaban J connectivity index is 3.11. The molecule has 35 heavy (non-hydrogen) atoms. The van der Waals surface area contributed by atoms with E-state index >= 15 is 0 Å². The predicted octanol–water partition coefficient (Wildman–Crippen LogP) is 2.43. The molecule has 0 fully saturated rings. The Morgan fingerprint density at radius 2 is 0.857 bits per heavy atom. The first-order chi connectivity index (χ1) is 16.9. The average Bonchev–Trinajstić information content (AvgIpc) is 2.83. The van der Waals surface area contributed by atoms with Crippen LogP contribution in [-0.4, -0.2) is 117 Å². The van der Waals surface area contributed by atoms with E-state index in [0.717, 1.165) is 6.42 Å². The highest BCUT2D eigenvalue weighted by Gasteiger charge is 2.14. The van der Waals surface area contributed by atoms with Crippen molar-refractivity contribution in [1.29, 1.82) is 0 Å². The van der Waals surface area contributed by atoms with Crippen LogP contribution in [0.1, 0.15) is 34.1 Å². The van der Waals surface area contributed by atoms with E-state index in [1.807, 2.05) is 0 Å². The summed E-state index contributed by atoms with van der Waals surface area (Å²) in [6.45, 7) is 19.1. The quantitative estimate of drug-likeness (QED) is 0.0934. The first kappa shape index (κ1) is 33.9. The minimum Gasteiger partial charge on any atom is -0.460 e. The lowest BCUT2D eigenvalue weighted by Crippen LogP contribution is -2.25. The van der Waals surface area contributed by atoms with Crippen molar-refractivity contribution >= 4 is 5.97 Å². The number of ether oxygens (including phenoxy) is 9. The second-order valence-electron chi connectivity index (χ2n) is 8.16. The van der Waals surface area contributed by atoms with Gasteiger partial charge in [0, 0.05) is 5.57 Å². The van der Waals surface area contributed by atoms with Crippen LogP contribution in [0.15, 0.2) is 12.2 Å². The molecule has 0 aliphatic rings. The molecule has 0 aliphatic heterocycles. The van der Waals surface area contributed by atoms with Crippen molar-refractivity contribution in [2.24, 2.45) is 0 Å². The summed E-state index contributed by atoms with van der Waals surface area (Å²) in [7, 11) is 0. The lowest BCUT2D eigenvalue weighted by molar-refractivity contribution is -0.140. The highest BCUT2D eigenvalue weighted by atomic mass is 16.6. The molecule has 0 bridgehead atoms. The lowest BCUT2D eigenvalue weighted by Gasteiger charge is -2.23. The third kappa shape index (κ3) is 25.8. The van der Waals surface area contributed by atoms with Crippen LogP contribution in [0.3, 0.4) is 0 Å². The fourth-order valence-corrected chi connectivity index (χ4v) is 2.22. The molecule has 0 aromatic rings. The standard InChI is InChI=1S/C25H48O10/c1-6-25(4,5)35-22-20-33-18-16-31-14-12-29-10-8-27-7-9-28-11-13-30-15-17-32-19-21-34-24(26)23(2)3/h2,6-22H2,1,3-5H3. The first-order valence-electron chi connectivity index (χ1n) is 12.4. The molecule has 0 atom stereocenters. The molecule has 10 heteroatoms. The number of carbonyl (C=O) groups is 1. The molecule has 0 radical (unpaired) electrons. The van der Waals surface area contributed by atoms with E-state index in [9.17, 15) is 4.79 Å². The SMILES string of the molecule is C=C(C)C(=O)OCCOCCOCCOCCOCCOCCOCCOCCOC(C)(C)CC. The summed E-state index contributed by atoms with van der Waals surface area (Å²) in [6.07, 6.45) is 0.975. The molecule has 0 N–H and O–H groups in total. The monoisotopic (exact) mass is 508 g/mol. The Morgan fingerprint density at radius 3 is 1.14 bits per heavy atom. The highest BCUT2D eigenvalue weighted by molar-refractivity contribution is 5.86. The maximum absolute atomic E-state index is 11.1. The summed E-state index contributed by atoms with van der Waals surface area (Å²) in [6, 6.07) is 0. The number of rotatable bonds is 27. The molecule has 0 unspecified atom stereocenters. The van der Waals surface area contributed by atoms with Gasteiger partial charge in [0.2, 0.25) is 0 Å². The maximum atomic E-state index is 11.1. The van der Waals surface area contributed by atoms with Crippen molar-refractivity contribution in [1.82, 2.24) is 0 Å². The second-order valence-corrected chi connectivity index (χ2v) is 8.16. The van der Waals surface area contributed by atoms with E-state index in [1.165, 1.54) is 0 Å². The normalized spacial score (nSPS) is 11.7. The minimum atomic E-state index is -0.408. The van der Waals surface area contributed by atoms with Gasteiger partial charge in [-0.3, -0.25) is 0 Å². The highest BCUT2D eigenvalue weighted by Crippen LogP contribution is 2.12. The maximum Gasteiger partial charge on any atom is 0.333 e. The molecule has 0 aromatic carbocycles. The number of hydrogen-bond acceptors (Lipinski definition) is 10. The molecule has 0 saturated carbocycles. The fourth-order valence-electron chi connectivity index (χ4n) is 2.22. The Kier molecular flexibility index (Phi) is 23.8. The predicted molar refractivity (Wildman–Crippen MR) is 132 cm³/mol. The van der Waals surface area contributed by atoms with Crippen molar-refractivity contribution < 1.29 is 47.4 Å². The van der Waals surface area contributed by atoms with E-state index in [2.05, 4.69) is 27.4 Å². The number of esters is 1. The van der Waals surface area contributed by atoms with E-state index in [-0.39, 0.29) is 12.2 Å². The van der Waals surface area contributed by atoms with E-state index in [0.29, 0.717) is 105 Å². The molecule has 208 valence electrons. The van der Waals surface area contributed by atoms with Gasteiger partial charge in [-0.1, -0.05) is 13.5 Å².